The third kappa shape index (κ3) is 5.32. The predicted molar refractivity (Wildman–Crippen MR) is 113 cm³/mol. The highest BCUT2D eigenvalue weighted by Crippen LogP contribution is 2.24. The number of nitrogens with one attached hydrogen (secondary N) is 1. The van der Waals surface area contributed by atoms with E-state index in [1.807, 2.05) is 24.3 Å². The Morgan fingerprint density at radius 3 is 2.88 bits per heavy atom. The third-order valence-electron chi connectivity index (χ3n) is 4.98. The van der Waals surface area contributed by atoms with Crippen molar-refractivity contribution in [2.75, 3.05) is 13.7 Å². The molecule has 0 unspecified atom stereocenters. The lowest BCUT2D eigenvalue weighted by Gasteiger charge is -2.33. The molecule has 140 valence electrons. The van der Waals surface area contributed by atoms with E-state index >= 15 is 0 Å². The van der Waals surface area contributed by atoms with Crippen molar-refractivity contribution >= 4 is 40.2 Å². The van der Waals surface area contributed by atoms with E-state index in [1.54, 1.807) is 6.07 Å². The van der Waals surface area contributed by atoms with Crippen LogP contribution in [0.25, 0.3) is 10.9 Å². The van der Waals surface area contributed by atoms with Crippen molar-refractivity contribution in [1.29, 1.82) is 0 Å². The molecule has 0 amide bonds. The van der Waals surface area contributed by atoms with Crippen LogP contribution in [0.15, 0.2) is 40.0 Å². The molecule has 0 radical (unpaired) electrons. The van der Waals surface area contributed by atoms with Crippen LogP contribution in [0.4, 0.5) is 0 Å². The molecule has 6 heteroatoms. The number of hydrogen-bond donors (Lipinski definition) is 1. The number of benzene rings is 1. The first kappa shape index (κ1) is 19.4. The Morgan fingerprint density at radius 2 is 2.08 bits per heavy atom. The van der Waals surface area contributed by atoms with Crippen molar-refractivity contribution in [3.63, 3.8) is 0 Å². The van der Waals surface area contributed by atoms with Crippen LogP contribution in [0.2, 0.25) is 0 Å². The molecular weight excluding hydrogens is 364 g/mol. The summed E-state index contributed by atoms with van der Waals surface area (Å²) in [4.78, 5) is 18.5. The summed E-state index contributed by atoms with van der Waals surface area (Å²) >= 11 is 6.98. The highest BCUT2D eigenvalue weighted by Gasteiger charge is 2.19. The first-order valence-electron chi connectivity index (χ1n) is 9.32. The number of aromatic nitrogens is 1. The van der Waals surface area contributed by atoms with Crippen LogP contribution in [0, 0.1) is 0 Å². The minimum atomic E-state index is -0.0803. The molecule has 0 atom stereocenters. The maximum atomic E-state index is 11.3. The van der Waals surface area contributed by atoms with Gasteiger partial charge in [-0.1, -0.05) is 31.5 Å². The van der Waals surface area contributed by atoms with Crippen molar-refractivity contribution in [1.82, 2.24) is 9.88 Å². The molecule has 1 saturated carbocycles. The molecule has 0 spiro atoms. The molecule has 26 heavy (non-hydrogen) atoms. The van der Waals surface area contributed by atoms with E-state index in [9.17, 15) is 4.79 Å². The summed E-state index contributed by atoms with van der Waals surface area (Å²) in [5, 5.41) is 1.01. The number of fused-ring (bicyclic) bond motifs is 1. The lowest BCUT2D eigenvalue weighted by Crippen LogP contribution is -2.37. The van der Waals surface area contributed by atoms with E-state index in [2.05, 4.69) is 16.9 Å². The van der Waals surface area contributed by atoms with Crippen LogP contribution in [0.5, 0.6) is 0 Å². The van der Waals surface area contributed by atoms with Crippen LogP contribution in [0.3, 0.4) is 0 Å². The van der Waals surface area contributed by atoms with Gasteiger partial charge < -0.3 is 14.1 Å². The van der Waals surface area contributed by atoms with Crippen LogP contribution in [-0.2, 0) is 4.18 Å². The van der Waals surface area contributed by atoms with Crippen LogP contribution in [0.1, 0.15) is 44.9 Å². The summed E-state index contributed by atoms with van der Waals surface area (Å²) in [5.41, 5.74) is 0.765. The van der Waals surface area contributed by atoms with Crippen molar-refractivity contribution < 1.29 is 4.18 Å². The molecule has 0 bridgehead atoms. The van der Waals surface area contributed by atoms with Gasteiger partial charge in [0, 0.05) is 48.0 Å². The summed E-state index contributed by atoms with van der Waals surface area (Å²) < 4.78 is 5.73. The van der Waals surface area contributed by atoms with Gasteiger partial charge in [0.25, 0.3) is 0 Å². The molecular formula is C20H26N2O2S2. The molecule has 1 fully saturated rings. The van der Waals surface area contributed by atoms with Crippen LogP contribution >= 0.6 is 24.3 Å². The molecule has 2 aromatic rings. The fraction of sp³-hybridized carbons (Fsp3) is 0.500. The maximum absolute atomic E-state index is 11.3. The normalized spacial score (nSPS) is 15.3. The molecule has 1 heterocycles. The Balaban J connectivity index is 1.39. The molecule has 1 aromatic carbocycles. The summed E-state index contributed by atoms with van der Waals surface area (Å²) in [5.74, 6) is 0. The van der Waals surface area contributed by atoms with Crippen LogP contribution < -0.4 is 5.56 Å². The minimum Gasteiger partial charge on any atom is -0.366 e. The second-order valence-corrected chi connectivity index (χ2v) is 8.22. The second kappa shape index (κ2) is 9.53. The van der Waals surface area contributed by atoms with Gasteiger partial charge in [0.15, 0.2) is 0 Å². The Morgan fingerprint density at radius 1 is 1.27 bits per heavy atom. The third-order valence-corrected chi connectivity index (χ3v) is 6.21. The first-order chi connectivity index (χ1) is 12.6. The van der Waals surface area contributed by atoms with Gasteiger partial charge >= 0.3 is 0 Å². The van der Waals surface area contributed by atoms with E-state index < -0.39 is 0 Å². The number of hydrogen-bond acceptors (Lipinski definition) is 4. The van der Waals surface area contributed by atoms with Crippen molar-refractivity contribution in [2.24, 2.45) is 0 Å². The standard InChI is InChI=1S/C20H26N2O2S2/c1-22(16-6-3-2-4-7-16)20(25)8-5-13-24-26-17-10-11-18-15(14-17)9-12-19(23)21-18/h9-12,14,16H,2-8,13H2,1H3,(H,21,23). The average molecular weight is 391 g/mol. The highest BCUT2D eigenvalue weighted by molar-refractivity contribution is 7.94. The van der Waals surface area contributed by atoms with E-state index in [4.69, 9.17) is 16.4 Å². The Hall–Kier alpha value is -1.37. The minimum absolute atomic E-state index is 0.0803. The van der Waals surface area contributed by atoms with E-state index in [-0.39, 0.29) is 5.56 Å². The molecule has 0 saturated heterocycles. The Kier molecular flexibility index (Phi) is 7.11. The Labute approximate surface area is 164 Å². The lowest BCUT2D eigenvalue weighted by atomic mass is 9.94. The lowest BCUT2D eigenvalue weighted by molar-refractivity contribution is 0.276. The zero-order valence-corrected chi connectivity index (χ0v) is 16.8. The summed E-state index contributed by atoms with van der Waals surface area (Å²) in [6.45, 7) is 0.674. The number of rotatable bonds is 7. The zero-order chi connectivity index (χ0) is 18.4. The van der Waals surface area contributed by atoms with Gasteiger partial charge in [-0.25, -0.2) is 0 Å². The fourth-order valence-corrected chi connectivity index (χ4v) is 4.35. The van der Waals surface area contributed by atoms with E-state index in [1.165, 1.54) is 44.1 Å². The SMILES string of the molecule is CN(C(=S)CCCOSc1ccc2[nH]c(=O)ccc2c1)C1CCCCC1. The number of H-pyrrole nitrogens is 1. The number of thiocarbonyl (C=S) groups is 1. The molecule has 1 aromatic heterocycles. The van der Waals surface area contributed by atoms with Crippen molar-refractivity contribution in [2.45, 2.75) is 55.9 Å². The average Bonchev–Trinajstić information content (AvgIpc) is 2.67. The molecule has 3 rings (SSSR count). The quantitative estimate of drug-likeness (QED) is 0.413. The second-order valence-electron chi connectivity index (χ2n) is 6.88. The Bertz CT molecular complexity index is 800. The number of aromatic amines is 1. The van der Waals surface area contributed by atoms with Crippen molar-refractivity contribution in [3.05, 3.63) is 40.7 Å². The van der Waals surface area contributed by atoms with Crippen LogP contribution in [-0.4, -0.2) is 34.6 Å². The van der Waals surface area contributed by atoms with E-state index in [0.29, 0.717) is 12.6 Å². The smallest absolute Gasteiger partial charge is 0.248 e. The maximum Gasteiger partial charge on any atom is 0.248 e. The number of pyridine rings is 1. The molecule has 1 aliphatic rings. The zero-order valence-electron chi connectivity index (χ0n) is 15.2. The molecule has 0 aliphatic heterocycles. The largest absolute Gasteiger partial charge is 0.366 e. The first-order valence-corrected chi connectivity index (χ1v) is 10.5. The van der Waals surface area contributed by atoms with Gasteiger partial charge in [-0.2, -0.15) is 0 Å². The van der Waals surface area contributed by atoms with Gasteiger partial charge in [-0.3, -0.25) is 4.79 Å². The predicted octanol–water partition coefficient (Wildman–Crippen LogP) is 4.92. The van der Waals surface area contributed by atoms with Crippen molar-refractivity contribution in [3.8, 4) is 0 Å². The van der Waals surface area contributed by atoms with Gasteiger partial charge in [-0.05, 0) is 48.9 Å². The summed E-state index contributed by atoms with van der Waals surface area (Å²) in [7, 11) is 2.15. The highest BCUT2D eigenvalue weighted by atomic mass is 32.2. The fourth-order valence-electron chi connectivity index (χ4n) is 3.42. The van der Waals surface area contributed by atoms with Gasteiger partial charge in [0.05, 0.1) is 11.6 Å². The molecule has 4 nitrogen and oxygen atoms in total. The molecule has 1 aliphatic carbocycles. The molecule has 1 N–H and O–H groups in total. The van der Waals surface area contributed by atoms with Gasteiger partial charge in [0.1, 0.15) is 0 Å². The van der Waals surface area contributed by atoms with Gasteiger partial charge in [0.2, 0.25) is 5.56 Å². The van der Waals surface area contributed by atoms with E-state index in [0.717, 1.165) is 33.6 Å². The topological polar surface area (TPSA) is 45.3 Å². The monoisotopic (exact) mass is 390 g/mol. The number of nitrogens with zero attached hydrogens (tertiary/aromatic N) is 1. The summed E-state index contributed by atoms with van der Waals surface area (Å²) in [6, 6.07) is 9.91. The van der Waals surface area contributed by atoms with Gasteiger partial charge in [-0.15, -0.1) is 0 Å². The summed E-state index contributed by atoms with van der Waals surface area (Å²) in [6.07, 6.45) is 8.42.